The van der Waals surface area contributed by atoms with E-state index in [0.29, 0.717) is 6.54 Å². The highest BCUT2D eigenvalue weighted by Gasteiger charge is 2.11. The Hall–Kier alpha value is -2.14. The first-order valence-corrected chi connectivity index (χ1v) is 6.73. The molecule has 0 aliphatic rings. The number of carbonyl (C=O) groups is 1. The van der Waals surface area contributed by atoms with Crippen LogP contribution in [0, 0.1) is 0 Å². The average Bonchev–Trinajstić information content (AvgIpc) is 2.98. The predicted molar refractivity (Wildman–Crippen MR) is 75.9 cm³/mol. The highest BCUT2D eigenvalue weighted by atomic mass is 16.3. The molecule has 0 aliphatic carbocycles. The van der Waals surface area contributed by atoms with Crippen molar-refractivity contribution in [1.82, 2.24) is 15.1 Å². The van der Waals surface area contributed by atoms with Crippen molar-refractivity contribution in [3.05, 3.63) is 54.4 Å². The average molecular weight is 273 g/mol. The normalized spacial score (nSPS) is 12.1. The summed E-state index contributed by atoms with van der Waals surface area (Å²) in [6, 6.07) is 11.1. The van der Waals surface area contributed by atoms with Gasteiger partial charge in [0.1, 0.15) is 0 Å². The van der Waals surface area contributed by atoms with Crippen LogP contribution in [0.2, 0.25) is 0 Å². The fourth-order valence-electron chi connectivity index (χ4n) is 1.94. The molecule has 106 valence electrons. The summed E-state index contributed by atoms with van der Waals surface area (Å²) in [7, 11) is 0. The van der Waals surface area contributed by atoms with Crippen molar-refractivity contribution in [1.29, 1.82) is 0 Å². The summed E-state index contributed by atoms with van der Waals surface area (Å²) in [5.74, 6) is -0.137. The molecule has 0 fully saturated rings. The Bertz CT molecular complexity index is 511. The molecule has 2 rings (SSSR count). The fraction of sp³-hybridized carbons (Fsp3) is 0.333. The van der Waals surface area contributed by atoms with Gasteiger partial charge in [-0.2, -0.15) is 5.10 Å². The number of hydrogen-bond acceptors (Lipinski definition) is 3. The Morgan fingerprint density at radius 3 is 2.80 bits per heavy atom. The van der Waals surface area contributed by atoms with Crippen LogP contribution in [0.25, 0.3) is 0 Å². The quantitative estimate of drug-likeness (QED) is 0.751. The minimum Gasteiger partial charge on any atom is -0.388 e. The van der Waals surface area contributed by atoms with E-state index in [1.165, 1.54) is 0 Å². The van der Waals surface area contributed by atoms with Crippen LogP contribution < -0.4 is 5.32 Å². The number of nitrogens with zero attached hydrogens (tertiary/aromatic N) is 2. The number of benzene rings is 1. The summed E-state index contributed by atoms with van der Waals surface area (Å²) in [5, 5.41) is 16.8. The van der Waals surface area contributed by atoms with Crippen LogP contribution in [0.4, 0.5) is 0 Å². The first-order chi connectivity index (χ1) is 9.75. The topological polar surface area (TPSA) is 67.2 Å². The zero-order valence-electron chi connectivity index (χ0n) is 11.3. The van der Waals surface area contributed by atoms with Gasteiger partial charge in [0.25, 0.3) is 0 Å². The van der Waals surface area contributed by atoms with E-state index in [9.17, 15) is 9.90 Å². The van der Waals surface area contributed by atoms with E-state index in [1.54, 1.807) is 6.20 Å². The molecule has 5 heteroatoms. The molecule has 0 spiro atoms. The van der Waals surface area contributed by atoms with Crippen LogP contribution >= 0.6 is 0 Å². The van der Waals surface area contributed by atoms with Crippen molar-refractivity contribution in [2.75, 3.05) is 6.54 Å². The van der Waals surface area contributed by atoms with E-state index in [2.05, 4.69) is 10.4 Å². The molecule has 2 aromatic rings. The number of rotatable bonds is 7. The molecule has 0 saturated carbocycles. The molecule has 1 amide bonds. The molecule has 1 atom stereocenters. The van der Waals surface area contributed by atoms with E-state index in [0.717, 1.165) is 18.5 Å². The second kappa shape index (κ2) is 7.45. The number of amides is 1. The summed E-state index contributed by atoms with van der Waals surface area (Å²) in [5.41, 5.74) is 0.763. The van der Waals surface area contributed by atoms with Gasteiger partial charge in [-0.15, -0.1) is 0 Å². The molecule has 1 unspecified atom stereocenters. The fourth-order valence-corrected chi connectivity index (χ4v) is 1.94. The molecule has 1 aromatic heterocycles. The number of nitrogens with one attached hydrogen (secondary N) is 1. The van der Waals surface area contributed by atoms with Crippen molar-refractivity contribution in [3.8, 4) is 0 Å². The molecule has 5 nitrogen and oxygen atoms in total. The minimum absolute atomic E-state index is 0.0891. The van der Waals surface area contributed by atoms with E-state index in [1.807, 2.05) is 47.3 Å². The van der Waals surface area contributed by atoms with Gasteiger partial charge >= 0.3 is 0 Å². The first-order valence-electron chi connectivity index (χ1n) is 6.73. The second-order valence-corrected chi connectivity index (χ2v) is 4.60. The number of aliphatic hydroxyl groups is 1. The van der Waals surface area contributed by atoms with Crippen LogP contribution in [-0.4, -0.2) is 27.3 Å². The highest BCUT2D eigenvalue weighted by Crippen LogP contribution is 2.15. The Labute approximate surface area is 118 Å². The molecule has 1 heterocycles. The lowest BCUT2D eigenvalue weighted by Crippen LogP contribution is -2.26. The Morgan fingerprint density at radius 1 is 1.30 bits per heavy atom. The summed E-state index contributed by atoms with van der Waals surface area (Å²) >= 11 is 0. The molecule has 0 aliphatic heterocycles. The van der Waals surface area contributed by atoms with Crippen LogP contribution in [0.3, 0.4) is 0 Å². The number of aliphatic hydroxyl groups excluding tert-OH is 1. The SMILES string of the molecule is O=C(CC(O)c1ccccc1)NCCCn1cccn1. The number of aromatic nitrogens is 2. The molecular formula is C15H19N3O2. The summed E-state index contributed by atoms with van der Waals surface area (Å²) in [6.07, 6.45) is 3.78. The van der Waals surface area contributed by atoms with Crippen molar-refractivity contribution in [2.24, 2.45) is 0 Å². The molecule has 0 saturated heterocycles. The predicted octanol–water partition coefficient (Wildman–Crippen LogP) is 1.51. The van der Waals surface area contributed by atoms with Crippen molar-refractivity contribution >= 4 is 5.91 Å². The maximum Gasteiger partial charge on any atom is 0.222 e. The second-order valence-electron chi connectivity index (χ2n) is 4.60. The van der Waals surface area contributed by atoms with Gasteiger partial charge in [0.15, 0.2) is 0 Å². The van der Waals surface area contributed by atoms with Gasteiger partial charge in [-0.3, -0.25) is 9.48 Å². The third kappa shape index (κ3) is 4.51. The standard InChI is InChI=1S/C15H19N3O2/c19-14(13-6-2-1-3-7-13)12-15(20)16-8-4-10-18-11-5-9-17-18/h1-3,5-7,9,11,14,19H,4,8,10,12H2,(H,16,20). The van der Waals surface area contributed by atoms with Crippen LogP contribution in [-0.2, 0) is 11.3 Å². The zero-order chi connectivity index (χ0) is 14.2. The maximum atomic E-state index is 11.7. The minimum atomic E-state index is -0.748. The smallest absolute Gasteiger partial charge is 0.222 e. The lowest BCUT2D eigenvalue weighted by Gasteiger charge is -2.11. The summed E-state index contributed by atoms with van der Waals surface area (Å²) in [4.78, 5) is 11.7. The Kier molecular flexibility index (Phi) is 5.32. The molecular weight excluding hydrogens is 254 g/mol. The number of carbonyl (C=O) groups excluding carboxylic acids is 1. The van der Waals surface area contributed by atoms with Gasteiger partial charge in [0, 0.05) is 25.5 Å². The zero-order valence-corrected chi connectivity index (χ0v) is 11.3. The van der Waals surface area contributed by atoms with Crippen molar-refractivity contribution < 1.29 is 9.90 Å². The third-order valence-electron chi connectivity index (χ3n) is 3.01. The van der Waals surface area contributed by atoms with Gasteiger partial charge in [-0.25, -0.2) is 0 Å². The Morgan fingerprint density at radius 2 is 2.10 bits per heavy atom. The van der Waals surface area contributed by atoms with Crippen LogP contribution in [0.15, 0.2) is 48.8 Å². The summed E-state index contributed by atoms with van der Waals surface area (Å²) in [6.45, 7) is 1.36. The molecule has 2 N–H and O–H groups in total. The lowest BCUT2D eigenvalue weighted by atomic mass is 10.1. The molecule has 0 bridgehead atoms. The summed E-state index contributed by atoms with van der Waals surface area (Å²) < 4.78 is 1.82. The number of hydrogen-bond donors (Lipinski definition) is 2. The van der Waals surface area contributed by atoms with Gasteiger partial charge in [-0.1, -0.05) is 30.3 Å². The van der Waals surface area contributed by atoms with Crippen molar-refractivity contribution in [2.45, 2.75) is 25.5 Å². The molecule has 0 radical (unpaired) electrons. The van der Waals surface area contributed by atoms with Gasteiger partial charge < -0.3 is 10.4 Å². The van der Waals surface area contributed by atoms with E-state index >= 15 is 0 Å². The molecule has 1 aromatic carbocycles. The van der Waals surface area contributed by atoms with Gasteiger partial charge in [0.2, 0.25) is 5.91 Å². The largest absolute Gasteiger partial charge is 0.388 e. The lowest BCUT2D eigenvalue weighted by molar-refractivity contribution is -0.123. The number of aryl methyl sites for hydroxylation is 1. The van der Waals surface area contributed by atoms with Gasteiger partial charge in [-0.05, 0) is 18.1 Å². The van der Waals surface area contributed by atoms with E-state index in [4.69, 9.17) is 0 Å². The Balaban J connectivity index is 1.65. The first kappa shape index (κ1) is 14.3. The molecule has 20 heavy (non-hydrogen) atoms. The van der Waals surface area contributed by atoms with E-state index < -0.39 is 6.10 Å². The maximum absolute atomic E-state index is 11.7. The monoisotopic (exact) mass is 273 g/mol. The van der Waals surface area contributed by atoms with E-state index in [-0.39, 0.29) is 12.3 Å². The van der Waals surface area contributed by atoms with Gasteiger partial charge in [0.05, 0.1) is 12.5 Å². The van der Waals surface area contributed by atoms with Crippen LogP contribution in [0.1, 0.15) is 24.5 Å². The third-order valence-corrected chi connectivity index (χ3v) is 3.01. The highest BCUT2D eigenvalue weighted by molar-refractivity contribution is 5.76. The van der Waals surface area contributed by atoms with Crippen molar-refractivity contribution in [3.63, 3.8) is 0 Å². The van der Waals surface area contributed by atoms with Crippen LogP contribution in [0.5, 0.6) is 0 Å².